The van der Waals surface area contributed by atoms with Gasteiger partial charge in [-0.3, -0.25) is 4.90 Å². The molecule has 1 heterocycles. The van der Waals surface area contributed by atoms with E-state index in [4.69, 9.17) is 0 Å². The lowest BCUT2D eigenvalue weighted by Gasteiger charge is -2.39. The van der Waals surface area contributed by atoms with Gasteiger partial charge in [0, 0.05) is 38.1 Å². The van der Waals surface area contributed by atoms with Crippen LogP contribution in [0.4, 0.5) is 0 Å². The molecule has 0 saturated carbocycles. The molecular weight excluding hydrogens is 220 g/mol. The quantitative estimate of drug-likeness (QED) is 0.806. The Morgan fingerprint density at radius 1 is 1.06 bits per heavy atom. The maximum absolute atomic E-state index is 2.62. The highest BCUT2D eigenvalue weighted by Crippen LogP contribution is 2.28. The van der Waals surface area contributed by atoms with Crippen molar-refractivity contribution < 1.29 is 0 Å². The van der Waals surface area contributed by atoms with Gasteiger partial charge in [-0.1, -0.05) is 44.2 Å². The van der Waals surface area contributed by atoms with Crippen LogP contribution in [0.5, 0.6) is 0 Å². The summed E-state index contributed by atoms with van der Waals surface area (Å²) >= 11 is 0. The van der Waals surface area contributed by atoms with Gasteiger partial charge in [-0.25, -0.2) is 0 Å². The number of nitrogens with zero attached hydrogens (tertiary/aromatic N) is 2. The molecule has 0 N–H and O–H groups in total. The van der Waals surface area contributed by atoms with Gasteiger partial charge in [0.2, 0.25) is 0 Å². The molecule has 1 aliphatic heterocycles. The predicted octanol–water partition coefficient (Wildman–Crippen LogP) is 2.60. The van der Waals surface area contributed by atoms with E-state index in [0.717, 1.165) is 0 Å². The number of likely N-dealkylation sites (N-methyl/N-ethyl adjacent to an activating group) is 1. The van der Waals surface area contributed by atoms with Gasteiger partial charge in [0.1, 0.15) is 0 Å². The number of piperazine rings is 1. The standard InChI is InChI=1S/C16H26N2/c1-4-16(2,15-8-6-5-7-9-15)14-18-12-10-17(3)11-13-18/h5-9H,4,10-14H2,1-3H3. The van der Waals surface area contributed by atoms with Crippen LogP contribution in [0.25, 0.3) is 0 Å². The number of hydrogen-bond donors (Lipinski definition) is 0. The first-order valence-corrected chi connectivity index (χ1v) is 7.10. The molecule has 0 aromatic heterocycles. The third kappa shape index (κ3) is 3.12. The maximum atomic E-state index is 2.62. The van der Waals surface area contributed by atoms with E-state index in [9.17, 15) is 0 Å². The molecule has 1 atom stereocenters. The fourth-order valence-corrected chi connectivity index (χ4v) is 2.75. The van der Waals surface area contributed by atoms with Crippen LogP contribution in [-0.4, -0.2) is 49.6 Å². The van der Waals surface area contributed by atoms with Gasteiger partial charge in [0.25, 0.3) is 0 Å². The summed E-state index contributed by atoms with van der Waals surface area (Å²) in [5.74, 6) is 0. The second-order valence-electron chi connectivity index (χ2n) is 5.86. The minimum absolute atomic E-state index is 0.289. The Morgan fingerprint density at radius 3 is 2.22 bits per heavy atom. The van der Waals surface area contributed by atoms with Crippen molar-refractivity contribution in [2.24, 2.45) is 0 Å². The highest BCUT2D eigenvalue weighted by Gasteiger charge is 2.28. The van der Waals surface area contributed by atoms with Crippen LogP contribution in [-0.2, 0) is 5.41 Å². The van der Waals surface area contributed by atoms with Crippen molar-refractivity contribution in [1.29, 1.82) is 0 Å². The zero-order valence-electron chi connectivity index (χ0n) is 12.0. The molecule has 0 amide bonds. The van der Waals surface area contributed by atoms with Crippen molar-refractivity contribution in [2.75, 3.05) is 39.8 Å². The van der Waals surface area contributed by atoms with E-state index in [1.54, 1.807) is 0 Å². The Bertz CT molecular complexity index is 355. The van der Waals surface area contributed by atoms with Gasteiger partial charge in [-0.2, -0.15) is 0 Å². The minimum Gasteiger partial charge on any atom is -0.304 e. The molecule has 0 spiro atoms. The van der Waals surface area contributed by atoms with Crippen molar-refractivity contribution in [3.05, 3.63) is 35.9 Å². The summed E-state index contributed by atoms with van der Waals surface area (Å²) in [6.07, 6.45) is 1.20. The molecule has 0 radical (unpaired) electrons. The van der Waals surface area contributed by atoms with Gasteiger partial charge < -0.3 is 4.90 Å². The van der Waals surface area contributed by atoms with E-state index in [-0.39, 0.29) is 5.41 Å². The van der Waals surface area contributed by atoms with Gasteiger partial charge in [-0.15, -0.1) is 0 Å². The Kier molecular flexibility index (Phi) is 4.41. The Morgan fingerprint density at radius 2 is 1.67 bits per heavy atom. The molecule has 100 valence electrons. The molecular formula is C16H26N2. The summed E-state index contributed by atoms with van der Waals surface area (Å²) in [5.41, 5.74) is 1.77. The molecule has 0 aliphatic carbocycles. The van der Waals surface area contributed by atoms with Crippen molar-refractivity contribution in [3.63, 3.8) is 0 Å². The lowest BCUT2D eigenvalue weighted by Crippen LogP contribution is -2.49. The molecule has 1 aromatic carbocycles. The second-order valence-corrected chi connectivity index (χ2v) is 5.86. The topological polar surface area (TPSA) is 6.48 Å². The van der Waals surface area contributed by atoms with E-state index < -0.39 is 0 Å². The molecule has 1 unspecified atom stereocenters. The molecule has 2 nitrogen and oxygen atoms in total. The van der Waals surface area contributed by atoms with Crippen molar-refractivity contribution >= 4 is 0 Å². The van der Waals surface area contributed by atoms with Gasteiger partial charge in [0.05, 0.1) is 0 Å². The van der Waals surface area contributed by atoms with E-state index in [1.807, 2.05) is 0 Å². The number of rotatable bonds is 4. The van der Waals surface area contributed by atoms with E-state index in [2.05, 4.69) is 61.0 Å². The third-order valence-electron chi connectivity index (χ3n) is 4.42. The fourth-order valence-electron chi connectivity index (χ4n) is 2.75. The zero-order valence-corrected chi connectivity index (χ0v) is 12.0. The van der Waals surface area contributed by atoms with E-state index in [0.29, 0.717) is 0 Å². The van der Waals surface area contributed by atoms with Crippen molar-refractivity contribution in [3.8, 4) is 0 Å². The minimum atomic E-state index is 0.289. The van der Waals surface area contributed by atoms with Crippen LogP contribution in [0.3, 0.4) is 0 Å². The van der Waals surface area contributed by atoms with Gasteiger partial charge in [0.15, 0.2) is 0 Å². The Balaban J connectivity index is 2.04. The zero-order chi connectivity index (χ0) is 13.0. The summed E-state index contributed by atoms with van der Waals surface area (Å²) in [6, 6.07) is 11.0. The summed E-state index contributed by atoms with van der Waals surface area (Å²) in [7, 11) is 2.22. The molecule has 2 rings (SSSR count). The smallest absolute Gasteiger partial charge is 0.0110 e. The largest absolute Gasteiger partial charge is 0.304 e. The third-order valence-corrected chi connectivity index (χ3v) is 4.42. The number of benzene rings is 1. The maximum Gasteiger partial charge on any atom is 0.0110 e. The molecule has 1 aliphatic rings. The van der Waals surface area contributed by atoms with Crippen LogP contribution >= 0.6 is 0 Å². The Labute approximate surface area is 112 Å². The highest BCUT2D eigenvalue weighted by molar-refractivity contribution is 5.24. The summed E-state index contributed by atoms with van der Waals surface area (Å²) in [6.45, 7) is 10.7. The average Bonchev–Trinajstić information content (AvgIpc) is 2.42. The van der Waals surface area contributed by atoms with Crippen LogP contribution in [0.1, 0.15) is 25.8 Å². The molecule has 18 heavy (non-hydrogen) atoms. The highest BCUT2D eigenvalue weighted by atomic mass is 15.2. The lowest BCUT2D eigenvalue weighted by molar-refractivity contribution is 0.127. The molecule has 0 bridgehead atoms. The second kappa shape index (κ2) is 5.85. The van der Waals surface area contributed by atoms with Gasteiger partial charge in [-0.05, 0) is 19.0 Å². The fraction of sp³-hybridized carbons (Fsp3) is 0.625. The molecule has 1 fully saturated rings. The van der Waals surface area contributed by atoms with Crippen LogP contribution in [0.15, 0.2) is 30.3 Å². The summed E-state index contributed by atoms with van der Waals surface area (Å²) < 4.78 is 0. The average molecular weight is 246 g/mol. The monoisotopic (exact) mass is 246 g/mol. The van der Waals surface area contributed by atoms with Gasteiger partial charge >= 0.3 is 0 Å². The summed E-state index contributed by atoms with van der Waals surface area (Å²) in [5, 5.41) is 0. The SMILES string of the molecule is CCC(C)(CN1CCN(C)CC1)c1ccccc1. The lowest BCUT2D eigenvalue weighted by atomic mass is 9.79. The van der Waals surface area contributed by atoms with Crippen LogP contribution in [0, 0.1) is 0 Å². The molecule has 1 saturated heterocycles. The first-order chi connectivity index (χ1) is 8.64. The first kappa shape index (κ1) is 13.6. The van der Waals surface area contributed by atoms with Crippen molar-refractivity contribution in [1.82, 2.24) is 9.80 Å². The normalized spacial score (nSPS) is 21.7. The molecule has 1 aromatic rings. The predicted molar refractivity (Wildman–Crippen MR) is 78.0 cm³/mol. The van der Waals surface area contributed by atoms with E-state index >= 15 is 0 Å². The molecule has 2 heteroatoms. The first-order valence-electron chi connectivity index (χ1n) is 7.10. The summed E-state index contributed by atoms with van der Waals surface area (Å²) in [4.78, 5) is 5.04. The van der Waals surface area contributed by atoms with E-state index in [1.165, 1.54) is 44.7 Å². The van der Waals surface area contributed by atoms with Crippen molar-refractivity contribution in [2.45, 2.75) is 25.7 Å². The van der Waals surface area contributed by atoms with Crippen LogP contribution < -0.4 is 0 Å². The van der Waals surface area contributed by atoms with Crippen LogP contribution in [0.2, 0.25) is 0 Å². The Hall–Kier alpha value is -0.860. The number of hydrogen-bond acceptors (Lipinski definition) is 2.